The van der Waals surface area contributed by atoms with Gasteiger partial charge in [-0.05, 0) is 36.8 Å². The van der Waals surface area contributed by atoms with Gasteiger partial charge in [0.1, 0.15) is 5.75 Å². The van der Waals surface area contributed by atoms with E-state index in [0.717, 1.165) is 24.3 Å². The molecule has 29 heavy (non-hydrogen) atoms. The fourth-order valence-electron chi connectivity index (χ4n) is 2.88. The Morgan fingerprint density at radius 1 is 1.21 bits per heavy atom. The molecule has 1 saturated heterocycles. The summed E-state index contributed by atoms with van der Waals surface area (Å²) in [6, 6.07) is 8.94. The van der Waals surface area contributed by atoms with Crippen molar-refractivity contribution in [1.82, 2.24) is 25.0 Å². The van der Waals surface area contributed by atoms with E-state index in [4.69, 9.17) is 9.26 Å². The number of nitrogens with one attached hydrogen (secondary N) is 1. The SMILES string of the molecule is CCCCOc1ccc(NC(=O)N2CC(c3nc(-c4ncccn4)no3)C2)cc1. The number of nitrogens with zero attached hydrogens (tertiary/aromatic N) is 5. The number of carbonyl (C=O) groups excluding carboxylic acids is 1. The number of hydrogen-bond acceptors (Lipinski definition) is 7. The highest BCUT2D eigenvalue weighted by molar-refractivity contribution is 5.90. The van der Waals surface area contributed by atoms with Gasteiger partial charge in [-0.2, -0.15) is 4.98 Å². The van der Waals surface area contributed by atoms with Crippen molar-refractivity contribution in [2.45, 2.75) is 25.7 Å². The molecule has 2 aromatic heterocycles. The van der Waals surface area contributed by atoms with Crippen molar-refractivity contribution in [3.63, 3.8) is 0 Å². The summed E-state index contributed by atoms with van der Waals surface area (Å²) in [5.74, 6) is 2.07. The first-order chi connectivity index (χ1) is 14.2. The second-order valence-electron chi connectivity index (χ2n) is 6.79. The molecule has 1 aromatic carbocycles. The maximum atomic E-state index is 12.4. The van der Waals surface area contributed by atoms with Crippen molar-refractivity contribution < 1.29 is 14.1 Å². The molecule has 9 nitrogen and oxygen atoms in total. The lowest BCUT2D eigenvalue weighted by molar-refractivity contribution is 0.147. The number of amides is 2. The van der Waals surface area contributed by atoms with Crippen molar-refractivity contribution in [3.8, 4) is 17.4 Å². The lowest BCUT2D eigenvalue weighted by Crippen LogP contribution is -2.50. The van der Waals surface area contributed by atoms with Gasteiger partial charge < -0.3 is 19.5 Å². The van der Waals surface area contributed by atoms with E-state index in [1.54, 1.807) is 23.4 Å². The van der Waals surface area contributed by atoms with Crippen LogP contribution in [-0.2, 0) is 0 Å². The van der Waals surface area contributed by atoms with E-state index in [9.17, 15) is 4.79 Å². The van der Waals surface area contributed by atoms with Crippen molar-refractivity contribution in [2.24, 2.45) is 0 Å². The van der Waals surface area contributed by atoms with Gasteiger partial charge in [-0.3, -0.25) is 0 Å². The van der Waals surface area contributed by atoms with Crippen LogP contribution in [0.1, 0.15) is 31.6 Å². The van der Waals surface area contributed by atoms with Gasteiger partial charge in [-0.25, -0.2) is 14.8 Å². The third kappa shape index (κ3) is 4.50. The van der Waals surface area contributed by atoms with Crippen LogP contribution in [0.4, 0.5) is 10.5 Å². The number of urea groups is 1. The first-order valence-corrected chi connectivity index (χ1v) is 9.62. The molecule has 0 unspecified atom stereocenters. The van der Waals surface area contributed by atoms with E-state index in [0.29, 0.717) is 37.2 Å². The van der Waals surface area contributed by atoms with Gasteiger partial charge in [-0.15, -0.1) is 0 Å². The van der Waals surface area contributed by atoms with Crippen LogP contribution in [0.25, 0.3) is 11.6 Å². The number of aromatic nitrogens is 4. The zero-order chi connectivity index (χ0) is 20.1. The Labute approximate surface area is 168 Å². The molecule has 1 aliphatic heterocycles. The number of anilines is 1. The summed E-state index contributed by atoms with van der Waals surface area (Å²) in [5, 5.41) is 6.81. The molecule has 9 heteroatoms. The third-order valence-corrected chi connectivity index (χ3v) is 4.60. The number of unbranched alkanes of at least 4 members (excludes halogenated alkanes) is 1. The monoisotopic (exact) mass is 394 g/mol. The molecule has 1 fully saturated rings. The van der Waals surface area contributed by atoms with Crippen LogP contribution in [0.3, 0.4) is 0 Å². The summed E-state index contributed by atoms with van der Waals surface area (Å²) in [7, 11) is 0. The molecular weight excluding hydrogens is 372 g/mol. The molecule has 0 bridgehead atoms. The zero-order valence-corrected chi connectivity index (χ0v) is 16.1. The normalized spacial score (nSPS) is 13.8. The lowest BCUT2D eigenvalue weighted by Gasteiger charge is -2.36. The summed E-state index contributed by atoms with van der Waals surface area (Å²) >= 11 is 0. The molecule has 1 N–H and O–H groups in total. The van der Waals surface area contributed by atoms with E-state index < -0.39 is 0 Å². The van der Waals surface area contributed by atoms with E-state index >= 15 is 0 Å². The van der Waals surface area contributed by atoms with Crippen LogP contribution in [-0.4, -0.2) is 50.7 Å². The standard InChI is InChI=1S/C20H22N6O3/c1-2-3-11-28-16-7-5-15(6-8-16)23-20(27)26-12-14(13-26)19-24-18(25-29-19)17-21-9-4-10-22-17/h4-10,14H,2-3,11-13H2,1H3,(H,23,27). The van der Waals surface area contributed by atoms with Gasteiger partial charge in [0.25, 0.3) is 0 Å². The van der Waals surface area contributed by atoms with Gasteiger partial charge in [0, 0.05) is 31.2 Å². The molecule has 2 amide bonds. The molecule has 0 aliphatic carbocycles. The van der Waals surface area contributed by atoms with Gasteiger partial charge in [0.05, 0.1) is 12.5 Å². The minimum Gasteiger partial charge on any atom is -0.494 e. The smallest absolute Gasteiger partial charge is 0.321 e. The number of carbonyl (C=O) groups is 1. The predicted molar refractivity (Wildman–Crippen MR) is 106 cm³/mol. The number of rotatable bonds is 7. The van der Waals surface area contributed by atoms with Gasteiger partial charge in [-0.1, -0.05) is 18.5 Å². The van der Waals surface area contributed by atoms with E-state index in [1.807, 2.05) is 24.3 Å². The average molecular weight is 394 g/mol. The number of ether oxygens (including phenoxy) is 1. The molecule has 3 aromatic rings. The fraction of sp³-hybridized carbons (Fsp3) is 0.350. The topological polar surface area (TPSA) is 106 Å². The second kappa shape index (κ2) is 8.68. The summed E-state index contributed by atoms with van der Waals surface area (Å²) in [6.45, 7) is 3.85. The lowest BCUT2D eigenvalue weighted by atomic mass is 10.0. The van der Waals surface area contributed by atoms with Crippen LogP contribution in [0.2, 0.25) is 0 Å². The molecule has 150 valence electrons. The Hall–Kier alpha value is -3.49. The number of likely N-dealkylation sites (tertiary alicyclic amines) is 1. The minimum absolute atomic E-state index is 0.0139. The molecular formula is C20H22N6O3. The molecule has 0 radical (unpaired) electrons. The van der Waals surface area contributed by atoms with Crippen molar-refractivity contribution in [3.05, 3.63) is 48.6 Å². The minimum atomic E-state index is -0.160. The summed E-state index contributed by atoms with van der Waals surface area (Å²) in [5.41, 5.74) is 0.725. The highest BCUT2D eigenvalue weighted by Crippen LogP contribution is 2.27. The second-order valence-corrected chi connectivity index (χ2v) is 6.79. The Morgan fingerprint density at radius 3 is 2.69 bits per heavy atom. The summed E-state index contributed by atoms with van der Waals surface area (Å²) in [4.78, 5) is 26.6. The van der Waals surface area contributed by atoms with Crippen molar-refractivity contribution in [1.29, 1.82) is 0 Å². The average Bonchev–Trinajstić information content (AvgIpc) is 3.19. The van der Waals surface area contributed by atoms with Crippen LogP contribution >= 0.6 is 0 Å². The Balaban J connectivity index is 1.27. The maximum Gasteiger partial charge on any atom is 0.321 e. The highest BCUT2D eigenvalue weighted by atomic mass is 16.5. The van der Waals surface area contributed by atoms with Crippen LogP contribution < -0.4 is 10.1 Å². The van der Waals surface area contributed by atoms with Gasteiger partial charge in [0.15, 0.2) is 0 Å². The zero-order valence-electron chi connectivity index (χ0n) is 16.1. The number of benzene rings is 1. The molecule has 4 rings (SSSR count). The van der Waals surface area contributed by atoms with Crippen LogP contribution in [0, 0.1) is 0 Å². The Kier molecular flexibility index (Phi) is 5.64. The largest absolute Gasteiger partial charge is 0.494 e. The van der Waals surface area contributed by atoms with Crippen molar-refractivity contribution >= 4 is 11.7 Å². The molecule has 0 spiro atoms. The number of hydrogen-bond donors (Lipinski definition) is 1. The van der Waals surface area contributed by atoms with E-state index in [-0.39, 0.29) is 11.9 Å². The van der Waals surface area contributed by atoms with E-state index in [1.165, 1.54) is 0 Å². The first kappa shape index (κ1) is 18.9. The first-order valence-electron chi connectivity index (χ1n) is 9.62. The van der Waals surface area contributed by atoms with E-state index in [2.05, 4.69) is 32.3 Å². The predicted octanol–water partition coefficient (Wildman–Crippen LogP) is 3.34. The highest BCUT2D eigenvalue weighted by Gasteiger charge is 2.36. The van der Waals surface area contributed by atoms with Crippen LogP contribution in [0.5, 0.6) is 5.75 Å². The quantitative estimate of drug-likeness (QED) is 0.613. The third-order valence-electron chi connectivity index (χ3n) is 4.60. The molecule has 0 saturated carbocycles. The Morgan fingerprint density at radius 2 is 1.97 bits per heavy atom. The van der Waals surface area contributed by atoms with Crippen LogP contribution in [0.15, 0.2) is 47.2 Å². The van der Waals surface area contributed by atoms with Gasteiger partial charge in [0.2, 0.25) is 17.5 Å². The summed E-state index contributed by atoms with van der Waals surface area (Å²) < 4.78 is 10.9. The molecule has 3 heterocycles. The molecule has 1 aliphatic rings. The Bertz CT molecular complexity index is 938. The maximum absolute atomic E-state index is 12.4. The van der Waals surface area contributed by atoms with Gasteiger partial charge >= 0.3 is 6.03 Å². The summed E-state index contributed by atoms with van der Waals surface area (Å²) in [6.07, 6.45) is 5.36. The molecule has 0 atom stereocenters. The fourth-order valence-corrected chi connectivity index (χ4v) is 2.88. The van der Waals surface area contributed by atoms with Crippen molar-refractivity contribution in [2.75, 3.05) is 25.0 Å².